The van der Waals surface area contributed by atoms with Crippen LogP contribution in [0.4, 0.5) is 0 Å². The molecule has 0 aliphatic rings. The Balaban J connectivity index is 0.000000192. The lowest BCUT2D eigenvalue weighted by Crippen LogP contribution is -2.18. The number of hydrogen-bond acceptors (Lipinski definition) is 2. The molecule has 166 valence electrons. The van der Waals surface area contributed by atoms with E-state index in [4.69, 9.17) is 0 Å². The largest absolute Gasteiger partial charge is 0.294 e. The highest BCUT2D eigenvalue weighted by atomic mass is 31.1. The molecule has 0 fully saturated rings. The second-order valence-corrected chi connectivity index (χ2v) is 9.83. The molecule has 0 saturated heterocycles. The van der Waals surface area contributed by atoms with Crippen LogP contribution in [0, 0.1) is 0 Å². The molecule has 0 N–H and O–H groups in total. The SMILES string of the molecule is O=C(CP(c1ccccc1)c1ccccc1)c1ccccc1.c1ccc(-c2ccccn2)cc1. The van der Waals surface area contributed by atoms with Crippen molar-refractivity contribution >= 4 is 24.3 Å². The molecule has 0 spiro atoms. The van der Waals surface area contributed by atoms with Crippen molar-refractivity contribution in [1.82, 2.24) is 4.98 Å². The minimum Gasteiger partial charge on any atom is -0.294 e. The molecule has 0 bridgehead atoms. The molecule has 0 saturated carbocycles. The summed E-state index contributed by atoms with van der Waals surface area (Å²) in [6.07, 6.45) is 2.36. The van der Waals surface area contributed by atoms with Crippen LogP contribution >= 0.6 is 7.92 Å². The van der Waals surface area contributed by atoms with Gasteiger partial charge in [-0.15, -0.1) is 0 Å². The van der Waals surface area contributed by atoms with Gasteiger partial charge in [-0.25, -0.2) is 0 Å². The summed E-state index contributed by atoms with van der Waals surface area (Å²) in [5.74, 6) is 0.208. The third-order valence-electron chi connectivity index (χ3n) is 5.27. The summed E-state index contributed by atoms with van der Waals surface area (Å²) in [4.78, 5) is 16.9. The highest BCUT2D eigenvalue weighted by molar-refractivity contribution is 7.73. The summed E-state index contributed by atoms with van der Waals surface area (Å²) in [6.45, 7) is 0. The molecule has 0 radical (unpaired) electrons. The van der Waals surface area contributed by atoms with E-state index >= 15 is 0 Å². The first kappa shape index (κ1) is 23.3. The van der Waals surface area contributed by atoms with Crippen molar-refractivity contribution in [1.29, 1.82) is 0 Å². The van der Waals surface area contributed by atoms with Crippen molar-refractivity contribution < 1.29 is 4.79 Å². The highest BCUT2D eigenvalue weighted by Crippen LogP contribution is 2.34. The molecule has 0 unspecified atom stereocenters. The molecule has 0 aliphatic heterocycles. The number of carbonyl (C=O) groups is 1. The number of benzene rings is 4. The topological polar surface area (TPSA) is 30.0 Å². The van der Waals surface area contributed by atoms with Gasteiger partial charge in [-0.3, -0.25) is 9.78 Å². The van der Waals surface area contributed by atoms with Gasteiger partial charge in [-0.1, -0.05) is 127 Å². The maximum Gasteiger partial charge on any atom is 0.167 e. The highest BCUT2D eigenvalue weighted by Gasteiger charge is 2.18. The Morgan fingerprint density at radius 3 is 1.53 bits per heavy atom. The Kier molecular flexibility index (Phi) is 8.49. The molecule has 1 aromatic heterocycles. The van der Waals surface area contributed by atoms with Crippen LogP contribution in [0.5, 0.6) is 0 Å². The number of nitrogens with zero attached hydrogens (tertiary/aromatic N) is 1. The van der Waals surface area contributed by atoms with Gasteiger partial charge in [0.25, 0.3) is 0 Å². The van der Waals surface area contributed by atoms with Crippen LogP contribution in [0.2, 0.25) is 0 Å². The van der Waals surface area contributed by atoms with Gasteiger partial charge in [0.05, 0.1) is 5.69 Å². The number of pyridine rings is 1. The zero-order valence-corrected chi connectivity index (χ0v) is 19.8. The maximum absolute atomic E-state index is 12.6. The van der Waals surface area contributed by atoms with E-state index in [0.717, 1.165) is 16.8 Å². The minimum absolute atomic E-state index is 0.208. The van der Waals surface area contributed by atoms with Crippen LogP contribution in [0.3, 0.4) is 0 Å². The fourth-order valence-corrected chi connectivity index (χ4v) is 5.75. The third-order valence-corrected chi connectivity index (χ3v) is 7.71. The molecule has 5 rings (SSSR count). The lowest BCUT2D eigenvalue weighted by molar-refractivity contribution is 0.102. The summed E-state index contributed by atoms with van der Waals surface area (Å²) in [5, 5.41) is 2.49. The zero-order chi connectivity index (χ0) is 23.4. The zero-order valence-electron chi connectivity index (χ0n) is 18.9. The second-order valence-electron chi connectivity index (χ2n) is 7.63. The van der Waals surface area contributed by atoms with Crippen LogP contribution in [0.1, 0.15) is 10.4 Å². The van der Waals surface area contributed by atoms with Crippen LogP contribution in [-0.4, -0.2) is 16.9 Å². The Bertz CT molecular complexity index is 1180. The molecule has 3 heteroatoms. The maximum atomic E-state index is 12.6. The van der Waals surface area contributed by atoms with Gasteiger partial charge >= 0.3 is 0 Å². The van der Waals surface area contributed by atoms with E-state index in [1.165, 1.54) is 10.6 Å². The Morgan fingerprint density at radius 1 is 0.559 bits per heavy atom. The summed E-state index contributed by atoms with van der Waals surface area (Å²) in [7, 11) is -0.663. The summed E-state index contributed by atoms with van der Waals surface area (Å²) >= 11 is 0. The first-order valence-electron chi connectivity index (χ1n) is 11.2. The molecular weight excluding hydrogens is 433 g/mol. The van der Waals surface area contributed by atoms with Crippen LogP contribution in [0.25, 0.3) is 11.3 Å². The van der Waals surface area contributed by atoms with Gasteiger partial charge in [0.15, 0.2) is 5.78 Å². The Labute approximate surface area is 202 Å². The number of aromatic nitrogens is 1. The van der Waals surface area contributed by atoms with E-state index in [1.807, 2.05) is 109 Å². The van der Waals surface area contributed by atoms with Gasteiger partial charge in [0.2, 0.25) is 0 Å². The van der Waals surface area contributed by atoms with E-state index < -0.39 is 7.92 Å². The second kappa shape index (κ2) is 12.4. The standard InChI is InChI=1S/C20H17OP.C11H9N/c21-20(17-10-4-1-5-11-17)16-22(18-12-6-2-7-13-18)19-14-8-3-9-15-19;1-2-6-10(7-3-1)11-8-4-5-9-12-11/h1-15H,16H2;1-9H. The molecule has 0 aliphatic carbocycles. The molecular formula is C31H26NOP. The van der Waals surface area contributed by atoms with Crippen molar-refractivity contribution in [2.45, 2.75) is 0 Å². The van der Waals surface area contributed by atoms with Gasteiger partial charge in [0.1, 0.15) is 0 Å². The van der Waals surface area contributed by atoms with Gasteiger partial charge < -0.3 is 0 Å². The van der Waals surface area contributed by atoms with Crippen LogP contribution in [0.15, 0.2) is 146 Å². The van der Waals surface area contributed by atoms with Crippen molar-refractivity contribution in [2.75, 3.05) is 6.16 Å². The van der Waals surface area contributed by atoms with E-state index in [0.29, 0.717) is 6.16 Å². The van der Waals surface area contributed by atoms with Gasteiger partial charge in [-0.05, 0) is 30.7 Å². The van der Waals surface area contributed by atoms with Gasteiger partial charge in [-0.2, -0.15) is 0 Å². The number of hydrogen-bond donors (Lipinski definition) is 0. The molecule has 1 heterocycles. The summed E-state index contributed by atoms with van der Waals surface area (Å²) in [6, 6.07) is 46.3. The first-order chi connectivity index (χ1) is 16.8. The Hall–Kier alpha value is -3.87. The predicted octanol–water partition coefficient (Wildman–Crippen LogP) is 6.75. The number of Topliss-reactive ketones (excluding diaryl/α,β-unsaturated/α-hetero) is 1. The number of ketones is 1. The monoisotopic (exact) mass is 459 g/mol. The molecule has 2 nitrogen and oxygen atoms in total. The van der Waals surface area contributed by atoms with E-state index in [1.54, 1.807) is 0 Å². The average molecular weight is 460 g/mol. The lowest BCUT2D eigenvalue weighted by atomic mass is 10.1. The van der Waals surface area contributed by atoms with Crippen molar-refractivity contribution in [3.63, 3.8) is 0 Å². The van der Waals surface area contributed by atoms with Crippen LogP contribution in [-0.2, 0) is 0 Å². The summed E-state index contributed by atoms with van der Waals surface area (Å²) < 4.78 is 0. The van der Waals surface area contributed by atoms with Crippen molar-refractivity contribution in [2.24, 2.45) is 0 Å². The molecule has 4 aromatic carbocycles. The molecule has 5 aromatic rings. The molecule has 0 atom stereocenters. The van der Waals surface area contributed by atoms with Crippen LogP contribution < -0.4 is 10.6 Å². The van der Waals surface area contributed by atoms with E-state index in [2.05, 4.69) is 41.4 Å². The quantitative estimate of drug-likeness (QED) is 0.208. The number of carbonyl (C=O) groups excluding carboxylic acids is 1. The normalized spacial score (nSPS) is 10.3. The van der Waals surface area contributed by atoms with Crippen molar-refractivity contribution in [3.05, 3.63) is 151 Å². The smallest absolute Gasteiger partial charge is 0.167 e. The molecule has 0 amide bonds. The van der Waals surface area contributed by atoms with Gasteiger partial charge in [0, 0.05) is 23.5 Å². The minimum atomic E-state index is -0.663. The fraction of sp³-hybridized carbons (Fsp3) is 0.0323. The predicted molar refractivity (Wildman–Crippen MR) is 144 cm³/mol. The first-order valence-corrected chi connectivity index (χ1v) is 12.8. The van der Waals surface area contributed by atoms with Crippen molar-refractivity contribution in [3.8, 4) is 11.3 Å². The fourth-order valence-electron chi connectivity index (χ4n) is 3.55. The molecule has 34 heavy (non-hydrogen) atoms. The Morgan fingerprint density at radius 2 is 1.03 bits per heavy atom. The summed E-state index contributed by atoms with van der Waals surface area (Å²) in [5.41, 5.74) is 2.98. The van der Waals surface area contributed by atoms with E-state index in [-0.39, 0.29) is 5.78 Å². The lowest BCUT2D eigenvalue weighted by Gasteiger charge is -2.18. The third kappa shape index (κ3) is 6.57. The number of rotatable bonds is 6. The average Bonchev–Trinajstić information content (AvgIpc) is 2.94. The van der Waals surface area contributed by atoms with E-state index in [9.17, 15) is 4.79 Å².